The fourth-order valence-corrected chi connectivity index (χ4v) is 7.82. The normalized spacial score (nSPS) is 29.0. The van der Waals surface area contributed by atoms with Crippen LogP contribution in [0.5, 0.6) is 0 Å². The van der Waals surface area contributed by atoms with Gasteiger partial charge >= 0.3 is 5.97 Å². The predicted molar refractivity (Wildman–Crippen MR) is 161 cm³/mol. The molecule has 0 aromatic heterocycles. The Morgan fingerprint density at radius 3 is 2.61 bits per heavy atom. The third-order valence-corrected chi connectivity index (χ3v) is 9.58. The minimum absolute atomic E-state index is 0.152. The number of likely N-dealkylation sites (tertiary alicyclic amines) is 1. The number of halogens is 1. The summed E-state index contributed by atoms with van der Waals surface area (Å²) in [7, 11) is 0. The molecule has 0 saturated carbocycles. The van der Waals surface area contributed by atoms with Crippen molar-refractivity contribution in [2.75, 3.05) is 24.7 Å². The monoisotopic (exact) mass is 624 g/mol. The van der Waals surface area contributed by atoms with Gasteiger partial charge in [0.05, 0.1) is 37.2 Å². The Kier molecular flexibility index (Phi) is 8.41. The van der Waals surface area contributed by atoms with Crippen molar-refractivity contribution < 1.29 is 29.0 Å². The van der Waals surface area contributed by atoms with E-state index in [1.54, 1.807) is 17.1 Å². The Morgan fingerprint density at radius 1 is 1.22 bits per heavy atom. The van der Waals surface area contributed by atoms with Crippen LogP contribution in [-0.4, -0.2) is 76.2 Å². The van der Waals surface area contributed by atoms with E-state index in [0.717, 1.165) is 10.8 Å². The minimum Gasteiger partial charge on any atom is -0.465 e. The molecule has 3 fully saturated rings. The first-order valence-corrected chi connectivity index (χ1v) is 15.0. The summed E-state index contributed by atoms with van der Waals surface area (Å²) in [6, 6.07) is 12.0. The number of alkyl halides is 1. The topological polar surface area (TPSA) is 96.4 Å². The van der Waals surface area contributed by atoms with E-state index in [0.29, 0.717) is 18.5 Å². The number of nitrogens with zero attached hydrogens (tertiary/aromatic N) is 2. The highest BCUT2D eigenvalue weighted by atomic mass is 79.9. The molecule has 3 saturated heterocycles. The summed E-state index contributed by atoms with van der Waals surface area (Å²) in [5.74, 6) is -3.14. The van der Waals surface area contributed by atoms with Crippen LogP contribution in [0.2, 0.25) is 0 Å². The summed E-state index contributed by atoms with van der Waals surface area (Å²) >= 11 is 3.69. The summed E-state index contributed by atoms with van der Waals surface area (Å²) in [6.45, 7) is 11.4. The fourth-order valence-electron chi connectivity index (χ4n) is 6.88. The smallest absolute Gasteiger partial charge is 0.312 e. The van der Waals surface area contributed by atoms with Gasteiger partial charge in [0.1, 0.15) is 11.6 Å². The molecule has 1 N–H and O–H groups in total. The number of carbonyl (C=O) groups excluding carboxylic acids is 3. The highest BCUT2D eigenvalue weighted by Crippen LogP contribution is 2.61. The number of hydrogen-bond donors (Lipinski definition) is 1. The van der Waals surface area contributed by atoms with Crippen molar-refractivity contribution in [2.45, 2.75) is 55.3 Å². The number of aliphatic hydroxyl groups is 1. The molecule has 218 valence electrons. The molecule has 3 aliphatic heterocycles. The molecule has 1 spiro atoms. The Bertz CT molecular complexity index is 1360. The maximum absolute atomic E-state index is 14.8. The SMILES string of the molecule is C=CCCOC(=O)[C@H]1[C@H]2C(=O)N([C@@H](CO)C(C)C)C(C(=O)N(CC=C)c3ccc4ccccc4c3)C23CC(Br)[C@@H]1O3. The number of aliphatic hydroxyl groups excluding tert-OH is 1. The second kappa shape index (κ2) is 11.7. The third-order valence-electron chi connectivity index (χ3n) is 8.74. The molecule has 3 aliphatic rings. The molecule has 3 unspecified atom stereocenters. The zero-order valence-corrected chi connectivity index (χ0v) is 25.0. The molecule has 2 aromatic rings. The van der Waals surface area contributed by atoms with Gasteiger partial charge in [0.25, 0.3) is 5.91 Å². The van der Waals surface area contributed by atoms with Gasteiger partial charge < -0.3 is 24.4 Å². The van der Waals surface area contributed by atoms with Crippen LogP contribution in [0, 0.1) is 17.8 Å². The van der Waals surface area contributed by atoms with Crippen LogP contribution < -0.4 is 4.90 Å². The van der Waals surface area contributed by atoms with Gasteiger partial charge in [-0.15, -0.1) is 13.2 Å². The molecule has 2 aromatic carbocycles. The first-order chi connectivity index (χ1) is 19.7. The summed E-state index contributed by atoms with van der Waals surface area (Å²) in [6.07, 6.45) is 3.55. The van der Waals surface area contributed by atoms with Crippen LogP contribution in [0.15, 0.2) is 67.8 Å². The van der Waals surface area contributed by atoms with Gasteiger partial charge in [-0.3, -0.25) is 14.4 Å². The molecular formula is C32H37BrN2O6. The minimum atomic E-state index is -1.26. The molecule has 3 heterocycles. The quantitative estimate of drug-likeness (QED) is 0.174. The maximum Gasteiger partial charge on any atom is 0.312 e. The lowest BCUT2D eigenvalue weighted by molar-refractivity contribution is -0.155. The summed E-state index contributed by atoms with van der Waals surface area (Å²) < 4.78 is 12.1. The highest BCUT2D eigenvalue weighted by Gasteiger charge is 2.77. The number of ether oxygens (including phenoxy) is 2. The summed E-state index contributed by atoms with van der Waals surface area (Å²) in [5, 5.41) is 12.5. The lowest BCUT2D eigenvalue weighted by Gasteiger charge is -2.40. The maximum atomic E-state index is 14.8. The molecule has 7 atom stereocenters. The predicted octanol–water partition coefficient (Wildman–Crippen LogP) is 4.24. The molecular weight excluding hydrogens is 588 g/mol. The number of fused-ring (bicyclic) bond motifs is 2. The molecule has 8 nitrogen and oxygen atoms in total. The van der Waals surface area contributed by atoms with E-state index >= 15 is 0 Å². The van der Waals surface area contributed by atoms with Gasteiger partial charge in [-0.2, -0.15) is 0 Å². The van der Waals surface area contributed by atoms with Gasteiger partial charge in [-0.05, 0) is 41.7 Å². The van der Waals surface area contributed by atoms with Crippen LogP contribution >= 0.6 is 15.9 Å². The van der Waals surface area contributed by atoms with Gasteiger partial charge in [-0.25, -0.2) is 0 Å². The van der Waals surface area contributed by atoms with Crippen molar-refractivity contribution in [3.05, 3.63) is 67.8 Å². The number of hydrogen-bond acceptors (Lipinski definition) is 6. The van der Waals surface area contributed by atoms with Crippen molar-refractivity contribution >= 4 is 50.2 Å². The standard InChI is InChI=1S/C32H37BrN2O6/c1-5-7-15-40-31(39)25-26-29(37)35(24(18-36)19(3)4)28(32(26)17-23(33)27(25)41-32)30(38)34(14-6-2)22-13-12-20-10-8-9-11-21(20)16-22/h5-6,8-13,16,19,23-28,36H,1-2,7,14-15,17-18H2,3-4H3/t23?,24-,25-,26-,27-,28?,32?/m0/s1. The van der Waals surface area contributed by atoms with E-state index in [2.05, 4.69) is 29.1 Å². The summed E-state index contributed by atoms with van der Waals surface area (Å²) in [4.78, 5) is 45.4. The van der Waals surface area contributed by atoms with Crippen molar-refractivity contribution in [1.29, 1.82) is 0 Å². The van der Waals surface area contributed by atoms with Crippen LogP contribution in [0.25, 0.3) is 10.8 Å². The van der Waals surface area contributed by atoms with Crippen molar-refractivity contribution in [3.8, 4) is 0 Å². The van der Waals surface area contributed by atoms with E-state index < -0.39 is 41.6 Å². The Labute approximate surface area is 249 Å². The van der Waals surface area contributed by atoms with E-state index in [1.165, 1.54) is 4.90 Å². The van der Waals surface area contributed by atoms with Crippen molar-refractivity contribution in [1.82, 2.24) is 4.90 Å². The van der Waals surface area contributed by atoms with Crippen molar-refractivity contribution in [2.24, 2.45) is 17.8 Å². The third kappa shape index (κ3) is 4.81. The Balaban J connectivity index is 1.61. The molecule has 2 amide bonds. The number of anilines is 1. The zero-order valence-electron chi connectivity index (χ0n) is 23.4. The van der Waals surface area contributed by atoms with E-state index in [-0.39, 0.29) is 42.3 Å². The zero-order chi connectivity index (χ0) is 29.5. The number of benzene rings is 2. The average molecular weight is 626 g/mol. The second-order valence-electron chi connectivity index (χ2n) is 11.4. The Hall–Kier alpha value is -3.01. The van der Waals surface area contributed by atoms with Crippen molar-refractivity contribution in [3.63, 3.8) is 0 Å². The number of amides is 2. The number of esters is 1. The lowest BCUT2D eigenvalue weighted by atomic mass is 9.70. The Morgan fingerprint density at radius 2 is 1.95 bits per heavy atom. The molecule has 0 aliphatic carbocycles. The fraction of sp³-hybridized carbons (Fsp3) is 0.469. The largest absolute Gasteiger partial charge is 0.465 e. The second-order valence-corrected chi connectivity index (χ2v) is 12.6. The van der Waals surface area contributed by atoms with Gasteiger partial charge in [-0.1, -0.05) is 72.3 Å². The number of carbonyl (C=O) groups is 3. The van der Waals surface area contributed by atoms with E-state index in [1.807, 2.05) is 56.3 Å². The molecule has 5 rings (SSSR count). The highest BCUT2D eigenvalue weighted by molar-refractivity contribution is 9.09. The van der Waals surface area contributed by atoms with Crippen LogP contribution in [-0.2, 0) is 23.9 Å². The van der Waals surface area contributed by atoms with E-state index in [9.17, 15) is 19.5 Å². The number of rotatable bonds is 11. The van der Waals surface area contributed by atoms with Crippen LogP contribution in [0.4, 0.5) is 5.69 Å². The summed E-state index contributed by atoms with van der Waals surface area (Å²) in [5.41, 5.74) is -0.595. The van der Waals surface area contributed by atoms with Crippen LogP contribution in [0.1, 0.15) is 26.7 Å². The van der Waals surface area contributed by atoms with E-state index in [4.69, 9.17) is 9.47 Å². The van der Waals surface area contributed by atoms with Gasteiger partial charge in [0.2, 0.25) is 5.91 Å². The van der Waals surface area contributed by atoms with Gasteiger partial charge in [0, 0.05) is 17.1 Å². The first kappa shape index (κ1) is 29.5. The molecule has 41 heavy (non-hydrogen) atoms. The first-order valence-electron chi connectivity index (χ1n) is 14.1. The molecule has 2 bridgehead atoms. The lowest BCUT2D eigenvalue weighted by Crippen LogP contribution is -2.60. The average Bonchev–Trinajstić information content (AvgIpc) is 3.55. The molecule has 9 heteroatoms. The van der Waals surface area contributed by atoms with Crippen LogP contribution in [0.3, 0.4) is 0 Å². The molecule has 0 radical (unpaired) electrons. The van der Waals surface area contributed by atoms with Gasteiger partial charge in [0.15, 0.2) is 0 Å².